The average molecular weight is 422 g/mol. The zero-order chi connectivity index (χ0) is 21.4. The second-order valence-electron chi connectivity index (χ2n) is 6.38. The summed E-state index contributed by atoms with van der Waals surface area (Å²) in [5.41, 5.74) is 1.26. The van der Waals surface area contributed by atoms with Gasteiger partial charge in [0.25, 0.3) is 5.91 Å². The first-order valence-corrected chi connectivity index (χ1v) is 9.88. The molecule has 7 heteroatoms. The Balaban J connectivity index is 2.29. The van der Waals surface area contributed by atoms with Crippen LogP contribution < -0.4 is 18.9 Å². The van der Waals surface area contributed by atoms with E-state index in [9.17, 15) is 4.79 Å². The van der Waals surface area contributed by atoms with Crippen molar-refractivity contribution < 1.29 is 23.7 Å². The standard InChI is InChI=1S/C22H28ClNO5/c1-6-11-29-21-17(23)12-16(13-19(21)28-7-2)22(25)24(3)14-15-9-8-10-18(26-4)20(15)27-5/h8-10,12-13H,6-7,11,14H2,1-5H3. The van der Waals surface area contributed by atoms with E-state index in [0.717, 1.165) is 12.0 Å². The number of benzene rings is 2. The van der Waals surface area contributed by atoms with E-state index in [4.69, 9.17) is 30.5 Å². The second-order valence-corrected chi connectivity index (χ2v) is 6.79. The maximum absolute atomic E-state index is 13.0. The van der Waals surface area contributed by atoms with E-state index < -0.39 is 0 Å². The highest BCUT2D eigenvalue weighted by Gasteiger charge is 2.20. The first-order valence-electron chi connectivity index (χ1n) is 9.51. The van der Waals surface area contributed by atoms with Gasteiger partial charge < -0.3 is 23.8 Å². The van der Waals surface area contributed by atoms with Crippen molar-refractivity contribution >= 4 is 17.5 Å². The van der Waals surface area contributed by atoms with Crippen LogP contribution in [0.2, 0.25) is 5.02 Å². The summed E-state index contributed by atoms with van der Waals surface area (Å²) in [6, 6.07) is 8.84. The first-order chi connectivity index (χ1) is 14.0. The fourth-order valence-electron chi connectivity index (χ4n) is 2.92. The fourth-order valence-corrected chi connectivity index (χ4v) is 3.19. The summed E-state index contributed by atoms with van der Waals surface area (Å²) in [5.74, 6) is 1.95. The molecule has 0 atom stereocenters. The lowest BCUT2D eigenvalue weighted by molar-refractivity contribution is 0.0783. The average Bonchev–Trinajstić information content (AvgIpc) is 2.72. The molecule has 6 nitrogen and oxygen atoms in total. The van der Waals surface area contributed by atoms with Crippen LogP contribution in [0.5, 0.6) is 23.0 Å². The van der Waals surface area contributed by atoms with Crippen LogP contribution in [0.3, 0.4) is 0 Å². The van der Waals surface area contributed by atoms with Gasteiger partial charge in [-0.1, -0.05) is 30.7 Å². The van der Waals surface area contributed by atoms with Crippen molar-refractivity contribution in [2.75, 3.05) is 34.5 Å². The molecule has 0 bridgehead atoms. The van der Waals surface area contributed by atoms with Crippen molar-refractivity contribution in [2.45, 2.75) is 26.8 Å². The van der Waals surface area contributed by atoms with Crippen molar-refractivity contribution in [2.24, 2.45) is 0 Å². The molecular weight excluding hydrogens is 394 g/mol. The highest BCUT2D eigenvalue weighted by molar-refractivity contribution is 6.32. The van der Waals surface area contributed by atoms with Crippen LogP contribution in [0, 0.1) is 0 Å². The Bertz CT molecular complexity index is 840. The Hall–Kier alpha value is -2.60. The van der Waals surface area contributed by atoms with E-state index >= 15 is 0 Å². The molecule has 2 rings (SSSR count). The molecule has 0 aromatic heterocycles. The zero-order valence-electron chi connectivity index (χ0n) is 17.6. The van der Waals surface area contributed by atoms with E-state index in [0.29, 0.717) is 53.3 Å². The predicted molar refractivity (Wildman–Crippen MR) is 114 cm³/mol. The lowest BCUT2D eigenvalue weighted by Gasteiger charge is -2.21. The number of nitrogens with zero attached hydrogens (tertiary/aromatic N) is 1. The Morgan fingerprint density at radius 1 is 1.03 bits per heavy atom. The maximum atomic E-state index is 13.0. The minimum atomic E-state index is -0.195. The molecule has 1 amide bonds. The van der Waals surface area contributed by atoms with Gasteiger partial charge in [-0.3, -0.25) is 4.79 Å². The molecule has 0 aliphatic heterocycles. The maximum Gasteiger partial charge on any atom is 0.254 e. The third kappa shape index (κ3) is 5.48. The van der Waals surface area contributed by atoms with E-state index in [1.807, 2.05) is 32.0 Å². The van der Waals surface area contributed by atoms with Crippen molar-refractivity contribution in [1.82, 2.24) is 4.90 Å². The number of hydrogen-bond donors (Lipinski definition) is 0. The van der Waals surface area contributed by atoms with Crippen LogP contribution in [0.4, 0.5) is 0 Å². The molecule has 0 radical (unpaired) electrons. The van der Waals surface area contributed by atoms with Crippen molar-refractivity contribution in [3.05, 3.63) is 46.5 Å². The van der Waals surface area contributed by atoms with E-state index in [1.165, 1.54) is 0 Å². The number of para-hydroxylation sites is 1. The first kappa shape index (κ1) is 22.7. The normalized spacial score (nSPS) is 10.4. The lowest BCUT2D eigenvalue weighted by Crippen LogP contribution is -2.26. The molecule has 0 saturated carbocycles. The summed E-state index contributed by atoms with van der Waals surface area (Å²) in [4.78, 5) is 14.6. The quantitative estimate of drug-likeness (QED) is 0.550. The molecule has 0 aliphatic carbocycles. The molecule has 0 unspecified atom stereocenters. The number of rotatable bonds is 10. The largest absolute Gasteiger partial charge is 0.493 e. The molecule has 0 heterocycles. The van der Waals surface area contributed by atoms with Gasteiger partial charge >= 0.3 is 0 Å². The second kappa shape index (κ2) is 10.8. The van der Waals surface area contributed by atoms with Crippen LogP contribution in [-0.2, 0) is 6.54 Å². The van der Waals surface area contributed by atoms with Crippen molar-refractivity contribution in [3.8, 4) is 23.0 Å². The van der Waals surface area contributed by atoms with Gasteiger partial charge in [0.05, 0.1) is 32.5 Å². The molecule has 0 aliphatic rings. The Kier molecular flexibility index (Phi) is 8.46. The van der Waals surface area contributed by atoms with E-state index in [-0.39, 0.29) is 5.91 Å². The molecule has 158 valence electrons. The highest BCUT2D eigenvalue weighted by Crippen LogP contribution is 2.37. The van der Waals surface area contributed by atoms with Gasteiger partial charge in [-0.25, -0.2) is 0 Å². The smallest absolute Gasteiger partial charge is 0.254 e. The predicted octanol–water partition coefficient (Wildman–Crippen LogP) is 4.82. The molecular formula is C22H28ClNO5. The molecule has 29 heavy (non-hydrogen) atoms. The van der Waals surface area contributed by atoms with Crippen LogP contribution in [0.25, 0.3) is 0 Å². The van der Waals surface area contributed by atoms with E-state index in [2.05, 4.69) is 0 Å². The fraction of sp³-hybridized carbons (Fsp3) is 0.409. The van der Waals surface area contributed by atoms with Gasteiger partial charge in [0, 0.05) is 24.7 Å². The van der Waals surface area contributed by atoms with Crippen LogP contribution >= 0.6 is 11.6 Å². The molecule has 0 saturated heterocycles. The summed E-state index contributed by atoms with van der Waals surface area (Å²) < 4.78 is 22.1. The highest BCUT2D eigenvalue weighted by atomic mass is 35.5. The number of hydrogen-bond acceptors (Lipinski definition) is 5. The number of amides is 1. The molecule has 0 fully saturated rings. The number of ether oxygens (including phenoxy) is 4. The molecule has 0 N–H and O–H groups in total. The van der Waals surface area contributed by atoms with Gasteiger partial charge in [0.15, 0.2) is 23.0 Å². The van der Waals surface area contributed by atoms with Crippen molar-refractivity contribution in [3.63, 3.8) is 0 Å². The molecule has 2 aromatic carbocycles. The number of methoxy groups -OCH3 is 2. The molecule has 2 aromatic rings. The minimum absolute atomic E-state index is 0.195. The van der Waals surface area contributed by atoms with Gasteiger partial charge in [0.2, 0.25) is 0 Å². The topological polar surface area (TPSA) is 57.2 Å². The SMILES string of the molecule is CCCOc1c(Cl)cc(C(=O)N(C)Cc2cccc(OC)c2OC)cc1OCC. The van der Waals surface area contributed by atoms with E-state index in [1.54, 1.807) is 38.3 Å². The number of carbonyl (C=O) groups is 1. The molecule has 0 spiro atoms. The van der Waals surface area contributed by atoms with Crippen LogP contribution in [0.1, 0.15) is 36.2 Å². The third-order valence-corrected chi connectivity index (χ3v) is 4.53. The summed E-state index contributed by atoms with van der Waals surface area (Å²) in [7, 11) is 4.87. The Labute approximate surface area is 177 Å². The summed E-state index contributed by atoms with van der Waals surface area (Å²) >= 11 is 6.39. The van der Waals surface area contributed by atoms with Crippen LogP contribution in [0.15, 0.2) is 30.3 Å². The summed E-state index contributed by atoms with van der Waals surface area (Å²) in [5, 5.41) is 0.347. The summed E-state index contributed by atoms with van der Waals surface area (Å²) in [6.45, 7) is 5.17. The van der Waals surface area contributed by atoms with Gasteiger partial charge in [-0.2, -0.15) is 0 Å². The summed E-state index contributed by atoms with van der Waals surface area (Å²) in [6.07, 6.45) is 0.841. The van der Waals surface area contributed by atoms with Crippen molar-refractivity contribution in [1.29, 1.82) is 0 Å². The lowest BCUT2D eigenvalue weighted by atomic mass is 10.1. The number of carbonyl (C=O) groups excluding carboxylic acids is 1. The third-order valence-electron chi connectivity index (χ3n) is 4.25. The van der Waals surface area contributed by atoms with Crippen LogP contribution in [-0.4, -0.2) is 45.3 Å². The van der Waals surface area contributed by atoms with Gasteiger partial charge in [0.1, 0.15) is 0 Å². The minimum Gasteiger partial charge on any atom is -0.493 e. The zero-order valence-corrected chi connectivity index (χ0v) is 18.3. The van der Waals surface area contributed by atoms with Gasteiger partial charge in [-0.15, -0.1) is 0 Å². The monoisotopic (exact) mass is 421 g/mol. The van der Waals surface area contributed by atoms with Gasteiger partial charge in [-0.05, 0) is 31.5 Å². The Morgan fingerprint density at radius 3 is 2.41 bits per heavy atom. The number of halogens is 1. The Morgan fingerprint density at radius 2 is 1.79 bits per heavy atom.